The molecule has 1 aliphatic heterocycles. The monoisotopic (exact) mass is 396 g/mol. The van der Waals surface area contributed by atoms with E-state index in [4.69, 9.17) is 14.5 Å². The third-order valence-electron chi connectivity index (χ3n) is 6.73. The zero-order chi connectivity index (χ0) is 20.2. The fourth-order valence-corrected chi connectivity index (χ4v) is 5.19. The van der Waals surface area contributed by atoms with E-state index in [0.717, 1.165) is 44.5 Å². The zero-order valence-electron chi connectivity index (χ0n) is 17.3. The van der Waals surface area contributed by atoms with Crippen LogP contribution < -0.4 is 10.1 Å². The summed E-state index contributed by atoms with van der Waals surface area (Å²) in [7, 11) is 1.58. The SMILES string of the molecule is COc1cc(CNCC[C@@]2(c3ccccn3)CCOC3(CCCC3)C2)ccc1O. The standard InChI is InChI=1S/C24H32N2O3/c1-28-21-16-19(7-8-20(21)27)17-25-14-11-23(22-6-2-5-13-26-22)12-15-29-24(18-23)9-3-4-10-24/h2,5-8,13,16,25,27H,3-4,9-12,14-15,17-18H2,1H3/t23-/m1/s1. The molecule has 1 atom stereocenters. The second-order valence-electron chi connectivity index (χ2n) is 8.59. The number of pyridine rings is 1. The Labute approximate surface area is 173 Å². The summed E-state index contributed by atoms with van der Waals surface area (Å²) in [6.45, 7) is 2.48. The molecule has 0 bridgehead atoms. The minimum absolute atomic E-state index is 0.0556. The molecule has 0 radical (unpaired) electrons. The van der Waals surface area contributed by atoms with Gasteiger partial charge in [0.1, 0.15) is 0 Å². The predicted molar refractivity (Wildman–Crippen MR) is 113 cm³/mol. The van der Waals surface area contributed by atoms with Gasteiger partial charge in [0.25, 0.3) is 0 Å². The molecule has 2 aliphatic rings. The number of nitrogens with zero attached hydrogens (tertiary/aromatic N) is 1. The van der Waals surface area contributed by atoms with Gasteiger partial charge in [-0.3, -0.25) is 4.98 Å². The van der Waals surface area contributed by atoms with Gasteiger partial charge in [0, 0.05) is 30.5 Å². The van der Waals surface area contributed by atoms with Crippen molar-refractivity contribution in [2.45, 2.75) is 62.5 Å². The normalized spacial score (nSPS) is 23.3. The minimum Gasteiger partial charge on any atom is -0.504 e. The summed E-state index contributed by atoms with van der Waals surface area (Å²) in [5, 5.41) is 13.4. The summed E-state index contributed by atoms with van der Waals surface area (Å²) in [4.78, 5) is 4.77. The van der Waals surface area contributed by atoms with E-state index >= 15 is 0 Å². The van der Waals surface area contributed by atoms with Gasteiger partial charge in [0.2, 0.25) is 0 Å². The fraction of sp³-hybridized carbons (Fsp3) is 0.542. The highest BCUT2D eigenvalue weighted by atomic mass is 16.5. The van der Waals surface area contributed by atoms with Crippen LogP contribution in [-0.4, -0.2) is 36.0 Å². The maximum absolute atomic E-state index is 9.77. The Balaban J connectivity index is 1.44. The largest absolute Gasteiger partial charge is 0.504 e. The van der Waals surface area contributed by atoms with Crippen molar-refractivity contribution >= 4 is 0 Å². The van der Waals surface area contributed by atoms with Gasteiger partial charge in [-0.2, -0.15) is 0 Å². The second-order valence-corrected chi connectivity index (χ2v) is 8.59. The zero-order valence-corrected chi connectivity index (χ0v) is 17.3. The topological polar surface area (TPSA) is 63.6 Å². The average Bonchev–Trinajstić information content (AvgIpc) is 3.20. The first-order chi connectivity index (χ1) is 14.1. The lowest BCUT2D eigenvalue weighted by Crippen LogP contribution is -2.47. The van der Waals surface area contributed by atoms with Crippen LogP contribution in [0.1, 0.15) is 56.2 Å². The van der Waals surface area contributed by atoms with Crippen molar-refractivity contribution in [1.29, 1.82) is 0 Å². The van der Waals surface area contributed by atoms with Crippen LogP contribution in [-0.2, 0) is 16.7 Å². The van der Waals surface area contributed by atoms with E-state index in [1.807, 2.05) is 24.4 Å². The molecule has 1 saturated carbocycles. The van der Waals surface area contributed by atoms with Crippen LogP contribution in [0.2, 0.25) is 0 Å². The van der Waals surface area contributed by atoms with Crippen LogP contribution in [0.15, 0.2) is 42.6 Å². The highest BCUT2D eigenvalue weighted by molar-refractivity contribution is 5.41. The highest BCUT2D eigenvalue weighted by Crippen LogP contribution is 2.49. The lowest BCUT2D eigenvalue weighted by molar-refractivity contribution is -0.104. The van der Waals surface area contributed by atoms with Crippen molar-refractivity contribution in [2.24, 2.45) is 0 Å². The number of phenols is 1. The van der Waals surface area contributed by atoms with Gasteiger partial charge in [0.05, 0.1) is 12.7 Å². The quantitative estimate of drug-likeness (QED) is 0.682. The number of rotatable bonds is 7. The van der Waals surface area contributed by atoms with Crippen molar-refractivity contribution in [3.63, 3.8) is 0 Å². The van der Waals surface area contributed by atoms with E-state index in [9.17, 15) is 5.11 Å². The number of methoxy groups -OCH3 is 1. The summed E-state index contributed by atoms with van der Waals surface area (Å²) in [6.07, 6.45) is 9.99. The summed E-state index contributed by atoms with van der Waals surface area (Å²) < 4.78 is 11.5. The average molecular weight is 397 g/mol. The number of benzene rings is 1. The van der Waals surface area contributed by atoms with E-state index in [0.29, 0.717) is 5.75 Å². The number of nitrogens with one attached hydrogen (secondary N) is 1. The summed E-state index contributed by atoms with van der Waals surface area (Å²) in [5.41, 5.74) is 2.44. The van der Waals surface area contributed by atoms with E-state index in [-0.39, 0.29) is 16.8 Å². The smallest absolute Gasteiger partial charge is 0.160 e. The van der Waals surface area contributed by atoms with Crippen LogP contribution in [0.4, 0.5) is 0 Å². The van der Waals surface area contributed by atoms with Crippen LogP contribution in [0.25, 0.3) is 0 Å². The second kappa shape index (κ2) is 8.72. The molecule has 5 nitrogen and oxygen atoms in total. The minimum atomic E-state index is 0.0556. The Bertz CT molecular complexity index is 805. The van der Waals surface area contributed by atoms with Crippen LogP contribution in [0, 0.1) is 0 Å². The van der Waals surface area contributed by atoms with Gasteiger partial charge in [0.15, 0.2) is 11.5 Å². The number of phenolic OH excluding ortho intramolecular Hbond substituents is 1. The molecule has 2 fully saturated rings. The molecular weight excluding hydrogens is 364 g/mol. The molecule has 4 rings (SSSR count). The molecule has 0 amide bonds. The van der Waals surface area contributed by atoms with Crippen molar-refractivity contribution < 1.29 is 14.6 Å². The Morgan fingerprint density at radius 3 is 2.79 bits per heavy atom. The van der Waals surface area contributed by atoms with Crippen molar-refractivity contribution in [2.75, 3.05) is 20.3 Å². The van der Waals surface area contributed by atoms with E-state index in [1.165, 1.54) is 31.4 Å². The van der Waals surface area contributed by atoms with E-state index < -0.39 is 0 Å². The maximum atomic E-state index is 9.77. The van der Waals surface area contributed by atoms with Crippen LogP contribution in [0.3, 0.4) is 0 Å². The maximum Gasteiger partial charge on any atom is 0.160 e. The first-order valence-corrected chi connectivity index (χ1v) is 10.8. The van der Waals surface area contributed by atoms with Gasteiger partial charge in [-0.15, -0.1) is 0 Å². The van der Waals surface area contributed by atoms with E-state index in [2.05, 4.69) is 17.4 Å². The van der Waals surface area contributed by atoms with Gasteiger partial charge in [-0.25, -0.2) is 0 Å². The highest BCUT2D eigenvalue weighted by Gasteiger charge is 2.48. The molecule has 2 heterocycles. The Kier molecular flexibility index (Phi) is 6.07. The summed E-state index contributed by atoms with van der Waals surface area (Å²) in [6, 6.07) is 11.8. The van der Waals surface area contributed by atoms with Crippen molar-refractivity contribution in [3.8, 4) is 11.5 Å². The van der Waals surface area contributed by atoms with Crippen molar-refractivity contribution in [3.05, 3.63) is 53.9 Å². The van der Waals surface area contributed by atoms with Crippen LogP contribution in [0.5, 0.6) is 11.5 Å². The number of hydrogen-bond acceptors (Lipinski definition) is 5. The lowest BCUT2D eigenvalue weighted by atomic mass is 9.68. The molecule has 156 valence electrons. The molecular formula is C24H32N2O3. The molecule has 2 aromatic rings. The van der Waals surface area contributed by atoms with Gasteiger partial charge in [-0.05, 0) is 68.5 Å². The molecule has 29 heavy (non-hydrogen) atoms. The molecule has 1 aliphatic carbocycles. The molecule has 1 aromatic heterocycles. The van der Waals surface area contributed by atoms with E-state index in [1.54, 1.807) is 13.2 Å². The summed E-state index contributed by atoms with van der Waals surface area (Å²) in [5.74, 6) is 0.691. The number of hydrogen-bond donors (Lipinski definition) is 2. The van der Waals surface area contributed by atoms with Crippen LogP contribution >= 0.6 is 0 Å². The summed E-state index contributed by atoms with van der Waals surface area (Å²) >= 11 is 0. The molecule has 0 unspecified atom stereocenters. The van der Waals surface area contributed by atoms with Gasteiger partial charge < -0.3 is 19.9 Å². The molecule has 1 spiro atoms. The Hall–Kier alpha value is -2.11. The van der Waals surface area contributed by atoms with Gasteiger partial charge >= 0.3 is 0 Å². The number of aromatic nitrogens is 1. The number of aromatic hydroxyl groups is 1. The molecule has 1 aromatic carbocycles. The van der Waals surface area contributed by atoms with Gasteiger partial charge in [-0.1, -0.05) is 25.0 Å². The third kappa shape index (κ3) is 4.41. The molecule has 2 N–H and O–H groups in total. The lowest BCUT2D eigenvalue weighted by Gasteiger charge is -2.46. The molecule has 5 heteroatoms. The number of ether oxygens (including phenoxy) is 2. The predicted octanol–water partition coefficient (Wildman–Crippen LogP) is 4.34. The van der Waals surface area contributed by atoms with Crippen molar-refractivity contribution in [1.82, 2.24) is 10.3 Å². The fourth-order valence-electron chi connectivity index (χ4n) is 5.19. The Morgan fingerprint density at radius 2 is 2.03 bits per heavy atom. The Morgan fingerprint density at radius 1 is 1.17 bits per heavy atom. The third-order valence-corrected chi connectivity index (χ3v) is 6.73. The first kappa shape index (κ1) is 20.2. The molecule has 1 saturated heterocycles. The first-order valence-electron chi connectivity index (χ1n) is 10.8.